The Balaban J connectivity index is 2.79. The molecule has 66 valence electrons. The highest BCUT2D eigenvalue weighted by Crippen LogP contribution is 2.23. The zero-order chi connectivity index (χ0) is 9.26. The molecule has 2 N–H and O–H groups in total. The zero-order valence-electron chi connectivity index (χ0n) is 7.19. The van der Waals surface area contributed by atoms with Gasteiger partial charge in [0.2, 0.25) is 0 Å². The van der Waals surface area contributed by atoms with Crippen LogP contribution in [0.4, 0.5) is 5.69 Å². The van der Waals surface area contributed by atoms with E-state index in [4.69, 9.17) is 5.73 Å². The number of nitrogens with two attached hydrogens (primary N) is 1. The number of anilines is 1. The van der Waals surface area contributed by atoms with Crippen molar-refractivity contribution in [1.82, 2.24) is 9.97 Å². The fraction of sp³-hybridized carbons (Fsp3) is 0.111. The minimum absolute atomic E-state index is 0.748. The molecule has 0 aliphatic carbocycles. The van der Waals surface area contributed by atoms with Crippen LogP contribution in [0.2, 0.25) is 0 Å². The van der Waals surface area contributed by atoms with E-state index in [9.17, 15) is 0 Å². The summed E-state index contributed by atoms with van der Waals surface area (Å²) in [7, 11) is 0. The first-order valence-electron chi connectivity index (χ1n) is 3.85. The summed E-state index contributed by atoms with van der Waals surface area (Å²) in [4.78, 5) is 8.31. The number of fused-ring (bicyclic) bond motifs is 1. The van der Waals surface area contributed by atoms with Crippen molar-refractivity contribution in [3.8, 4) is 0 Å². The Morgan fingerprint density at radius 3 is 2.92 bits per heavy atom. The molecular weight excluding hydrogens is 182 g/mol. The van der Waals surface area contributed by atoms with Gasteiger partial charge in [-0.2, -0.15) is 0 Å². The third-order valence-corrected chi connectivity index (χ3v) is 2.53. The van der Waals surface area contributed by atoms with Crippen LogP contribution in [0.5, 0.6) is 0 Å². The van der Waals surface area contributed by atoms with Gasteiger partial charge in [0.25, 0.3) is 0 Å². The van der Waals surface area contributed by atoms with Crippen LogP contribution in [0.1, 0.15) is 0 Å². The molecule has 4 heteroatoms. The number of nitrogens with zero attached hydrogens (tertiary/aromatic N) is 2. The summed E-state index contributed by atoms with van der Waals surface area (Å²) in [5.41, 5.74) is 7.37. The topological polar surface area (TPSA) is 51.8 Å². The smallest absolute Gasteiger partial charge is 0.117 e. The quantitative estimate of drug-likeness (QED) is 0.425. The molecule has 0 unspecified atom stereocenters. The Labute approximate surface area is 80.4 Å². The molecule has 0 saturated heterocycles. The third-order valence-electron chi connectivity index (χ3n) is 1.82. The van der Waals surface area contributed by atoms with Gasteiger partial charge in [0.1, 0.15) is 11.4 Å². The third kappa shape index (κ3) is 1.45. The van der Waals surface area contributed by atoms with Crippen molar-refractivity contribution < 1.29 is 0 Å². The molecule has 1 heterocycles. The van der Waals surface area contributed by atoms with E-state index in [2.05, 4.69) is 9.97 Å². The molecule has 2 aromatic rings. The number of nitrogen functional groups attached to an aromatic ring is 1. The van der Waals surface area contributed by atoms with Crippen LogP contribution in [0.25, 0.3) is 10.9 Å². The van der Waals surface area contributed by atoms with Crippen molar-refractivity contribution in [1.29, 1.82) is 0 Å². The average molecular weight is 191 g/mol. The maximum Gasteiger partial charge on any atom is 0.117 e. The molecule has 2 rings (SSSR count). The normalized spacial score (nSPS) is 10.5. The Hall–Kier alpha value is -1.29. The molecule has 0 atom stereocenters. The molecule has 0 spiro atoms. The van der Waals surface area contributed by atoms with E-state index in [1.54, 1.807) is 18.1 Å². The molecule has 13 heavy (non-hydrogen) atoms. The lowest BCUT2D eigenvalue weighted by atomic mass is 10.2. The minimum Gasteiger partial charge on any atom is -0.399 e. The Morgan fingerprint density at radius 1 is 1.31 bits per heavy atom. The first-order valence-corrected chi connectivity index (χ1v) is 5.08. The van der Waals surface area contributed by atoms with E-state index < -0.39 is 0 Å². The van der Waals surface area contributed by atoms with Crippen LogP contribution >= 0.6 is 11.8 Å². The molecular formula is C9H9N3S. The number of aromatic nitrogens is 2. The summed E-state index contributed by atoms with van der Waals surface area (Å²) >= 11 is 1.60. The molecule has 0 amide bonds. The molecule has 1 aromatic carbocycles. The predicted molar refractivity (Wildman–Crippen MR) is 55.7 cm³/mol. The van der Waals surface area contributed by atoms with Gasteiger partial charge in [-0.25, -0.2) is 9.97 Å². The van der Waals surface area contributed by atoms with E-state index in [1.165, 1.54) is 0 Å². The summed E-state index contributed by atoms with van der Waals surface area (Å²) in [6, 6.07) is 5.66. The highest BCUT2D eigenvalue weighted by Gasteiger charge is 2.01. The van der Waals surface area contributed by atoms with Crippen LogP contribution in [-0.4, -0.2) is 16.2 Å². The second-order valence-corrected chi connectivity index (χ2v) is 3.45. The standard InChI is InChI=1S/C9H9N3S/c1-13-9-7-4-6(10)2-3-8(7)11-5-12-9/h2-5H,10H2,1H3. The van der Waals surface area contributed by atoms with Crippen molar-refractivity contribution in [2.75, 3.05) is 12.0 Å². The van der Waals surface area contributed by atoms with Crippen molar-refractivity contribution in [2.45, 2.75) is 5.03 Å². The predicted octanol–water partition coefficient (Wildman–Crippen LogP) is 1.93. The lowest BCUT2D eigenvalue weighted by Crippen LogP contribution is -1.89. The highest BCUT2D eigenvalue weighted by atomic mass is 32.2. The maximum absolute atomic E-state index is 5.68. The summed E-state index contributed by atoms with van der Waals surface area (Å²) in [6.45, 7) is 0. The maximum atomic E-state index is 5.68. The summed E-state index contributed by atoms with van der Waals surface area (Å²) < 4.78 is 0. The van der Waals surface area contributed by atoms with Gasteiger partial charge in [-0.05, 0) is 24.5 Å². The van der Waals surface area contributed by atoms with Crippen molar-refractivity contribution in [3.63, 3.8) is 0 Å². The second kappa shape index (κ2) is 3.22. The lowest BCUT2D eigenvalue weighted by Gasteiger charge is -2.01. The number of rotatable bonds is 1. The largest absolute Gasteiger partial charge is 0.399 e. The van der Waals surface area contributed by atoms with Crippen LogP contribution in [0, 0.1) is 0 Å². The Kier molecular flexibility index (Phi) is 2.06. The molecule has 0 fully saturated rings. The van der Waals surface area contributed by atoms with Crippen LogP contribution in [-0.2, 0) is 0 Å². The fourth-order valence-corrected chi connectivity index (χ4v) is 1.75. The van der Waals surface area contributed by atoms with Crippen LogP contribution < -0.4 is 5.73 Å². The highest BCUT2D eigenvalue weighted by molar-refractivity contribution is 7.98. The molecule has 0 radical (unpaired) electrons. The summed E-state index contributed by atoms with van der Waals surface area (Å²) in [6.07, 6.45) is 3.56. The Bertz CT molecular complexity index is 442. The summed E-state index contributed by atoms with van der Waals surface area (Å²) in [5.74, 6) is 0. The first-order chi connectivity index (χ1) is 6.31. The molecule has 0 aliphatic rings. The van der Waals surface area contributed by atoms with Gasteiger partial charge in [0.15, 0.2) is 0 Å². The van der Waals surface area contributed by atoms with Gasteiger partial charge in [0.05, 0.1) is 5.52 Å². The zero-order valence-corrected chi connectivity index (χ0v) is 8.01. The molecule has 3 nitrogen and oxygen atoms in total. The van der Waals surface area contributed by atoms with Crippen LogP contribution in [0.15, 0.2) is 29.6 Å². The van der Waals surface area contributed by atoms with Gasteiger partial charge in [0, 0.05) is 11.1 Å². The minimum atomic E-state index is 0.748. The van der Waals surface area contributed by atoms with E-state index in [0.717, 1.165) is 21.6 Å². The number of benzene rings is 1. The molecule has 0 aliphatic heterocycles. The van der Waals surface area contributed by atoms with E-state index in [1.807, 2.05) is 24.5 Å². The average Bonchev–Trinajstić information content (AvgIpc) is 2.17. The van der Waals surface area contributed by atoms with E-state index in [0.29, 0.717) is 0 Å². The van der Waals surface area contributed by atoms with Gasteiger partial charge < -0.3 is 5.73 Å². The monoisotopic (exact) mass is 191 g/mol. The lowest BCUT2D eigenvalue weighted by molar-refractivity contribution is 1.10. The SMILES string of the molecule is CSc1ncnc2ccc(N)cc12. The van der Waals surface area contributed by atoms with Crippen LogP contribution in [0.3, 0.4) is 0 Å². The molecule has 0 bridgehead atoms. The van der Waals surface area contributed by atoms with Gasteiger partial charge in [-0.1, -0.05) is 0 Å². The number of thioether (sulfide) groups is 1. The van der Waals surface area contributed by atoms with Crippen molar-refractivity contribution >= 4 is 28.4 Å². The van der Waals surface area contributed by atoms with Gasteiger partial charge in [-0.15, -0.1) is 11.8 Å². The fourth-order valence-electron chi connectivity index (χ4n) is 1.21. The Morgan fingerprint density at radius 2 is 2.15 bits per heavy atom. The second-order valence-electron chi connectivity index (χ2n) is 2.66. The van der Waals surface area contributed by atoms with Crippen molar-refractivity contribution in [3.05, 3.63) is 24.5 Å². The number of hydrogen-bond acceptors (Lipinski definition) is 4. The van der Waals surface area contributed by atoms with Gasteiger partial charge >= 0.3 is 0 Å². The first kappa shape index (κ1) is 8.31. The van der Waals surface area contributed by atoms with E-state index in [-0.39, 0.29) is 0 Å². The molecule has 0 saturated carbocycles. The summed E-state index contributed by atoms with van der Waals surface area (Å²) in [5, 5.41) is 1.99. The van der Waals surface area contributed by atoms with E-state index >= 15 is 0 Å². The van der Waals surface area contributed by atoms with Gasteiger partial charge in [-0.3, -0.25) is 0 Å². The number of hydrogen-bond donors (Lipinski definition) is 1. The molecule has 1 aromatic heterocycles. The van der Waals surface area contributed by atoms with Crippen molar-refractivity contribution in [2.24, 2.45) is 0 Å².